The summed E-state index contributed by atoms with van der Waals surface area (Å²) >= 11 is 1.92. The number of esters is 1. The van der Waals surface area contributed by atoms with Crippen molar-refractivity contribution in [2.75, 3.05) is 7.11 Å². The number of nitriles is 2. The average Bonchev–Trinajstić information content (AvgIpc) is 2.27. The second-order valence-electron chi connectivity index (χ2n) is 2.59. The van der Waals surface area contributed by atoms with Crippen molar-refractivity contribution >= 4 is 28.6 Å². The Balaban J connectivity index is 3.42. The van der Waals surface area contributed by atoms with E-state index in [9.17, 15) is 4.79 Å². The molecule has 4 nitrogen and oxygen atoms in total. The van der Waals surface area contributed by atoms with E-state index in [1.807, 2.05) is 34.7 Å². The molecule has 74 valence electrons. The number of benzene rings is 1. The molecule has 0 aromatic heterocycles. The van der Waals surface area contributed by atoms with Crippen molar-refractivity contribution < 1.29 is 9.53 Å². The minimum atomic E-state index is -0.514. The molecular formula is C10H5IN2O2. The van der Waals surface area contributed by atoms with Crippen LogP contribution in [0.5, 0.6) is 0 Å². The molecule has 0 atom stereocenters. The fourth-order valence-electron chi connectivity index (χ4n) is 1.02. The highest BCUT2D eigenvalue weighted by Gasteiger charge is 2.14. The summed E-state index contributed by atoms with van der Waals surface area (Å²) in [5, 5.41) is 17.5. The van der Waals surface area contributed by atoms with Gasteiger partial charge >= 0.3 is 5.97 Å². The number of carbonyl (C=O) groups excluding carboxylic acids is 1. The van der Waals surface area contributed by atoms with Crippen LogP contribution in [0, 0.1) is 26.2 Å². The van der Waals surface area contributed by atoms with Crippen LogP contribution in [0.2, 0.25) is 0 Å². The van der Waals surface area contributed by atoms with E-state index in [1.165, 1.54) is 19.2 Å². The van der Waals surface area contributed by atoms with Crippen LogP contribution in [0.3, 0.4) is 0 Å². The van der Waals surface area contributed by atoms with E-state index in [4.69, 9.17) is 10.5 Å². The molecule has 0 saturated heterocycles. The Labute approximate surface area is 100 Å². The van der Waals surface area contributed by atoms with Crippen molar-refractivity contribution in [2.24, 2.45) is 0 Å². The summed E-state index contributed by atoms with van der Waals surface area (Å²) in [6.07, 6.45) is 0. The van der Waals surface area contributed by atoms with Gasteiger partial charge in [0.05, 0.1) is 23.8 Å². The summed E-state index contributed by atoms with van der Waals surface area (Å²) in [5.74, 6) is -0.514. The zero-order valence-corrected chi connectivity index (χ0v) is 9.90. The van der Waals surface area contributed by atoms with Crippen LogP contribution in [0.25, 0.3) is 0 Å². The number of carbonyl (C=O) groups is 1. The Morgan fingerprint density at radius 2 is 1.87 bits per heavy atom. The molecule has 0 radical (unpaired) electrons. The second-order valence-corrected chi connectivity index (χ2v) is 3.76. The summed E-state index contributed by atoms with van der Waals surface area (Å²) < 4.78 is 5.15. The topological polar surface area (TPSA) is 73.9 Å². The lowest BCUT2D eigenvalue weighted by Crippen LogP contribution is -2.05. The van der Waals surface area contributed by atoms with Crippen molar-refractivity contribution in [3.8, 4) is 12.1 Å². The van der Waals surface area contributed by atoms with E-state index < -0.39 is 5.97 Å². The lowest BCUT2D eigenvalue weighted by Gasteiger charge is -2.03. The zero-order valence-electron chi connectivity index (χ0n) is 7.74. The van der Waals surface area contributed by atoms with Crippen LogP contribution in [0.1, 0.15) is 21.5 Å². The van der Waals surface area contributed by atoms with Gasteiger partial charge in [0.15, 0.2) is 0 Å². The first kappa shape index (κ1) is 11.5. The summed E-state index contributed by atoms with van der Waals surface area (Å²) in [4.78, 5) is 11.3. The first-order valence-electron chi connectivity index (χ1n) is 3.86. The minimum absolute atomic E-state index is 0.179. The van der Waals surface area contributed by atoms with Gasteiger partial charge in [-0.05, 0) is 34.7 Å². The molecule has 1 rings (SSSR count). The maximum absolute atomic E-state index is 11.3. The monoisotopic (exact) mass is 312 g/mol. The van der Waals surface area contributed by atoms with Gasteiger partial charge < -0.3 is 4.74 Å². The van der Waals surface area contributed by atoms with Gasteiger partial charge in [0.1, 0.15) is 12.1 Å². The number of ether oxygens (including phenoxy) is 1. The largest absolute Gasteiger partial charge is 0.465 e. The number of rotatable bonds is 1. The Bertz CT molecular complexity index is 497. The Kier molecular flexibility index (Phi) is 3.64. The first-order valence-corrected chi connectivity index (χ1v) is 4.94. The number of nitrogens with zero attached hydrogens (tertiary/aromatic N) is 2. The lowest BCUT2D eigenvalue weighted by molar-refractivity contribution is 0.0599. The van der Waals surface area contributed by atoms with Gasteiger partial charge in [-0.15, -0.1) is 0 Å². The summed E-state index contributed by atoms with van der Waals surface area (Å²) in [5.41, 5.74) is 0.738. The maximum atomic E-state index is 11.3. The van der Waals surface area contributed by atoms with Gasteiger partial charge in [0.25, 0.3) is 0 Å². The number of methoxy groups -OCH3 is 1. The zero-order chi connectivity index (χ0) is 11.4. The maximum Gasteiger partial charge on any atom is 0.338 e. The third kappa shape index (κ3) is 2.25. The first-order chi connectivity index (χ1) is 7.13. The molecule has 0 aliphatic carbocycles. The number of hydrogen-bond acceptors (Lipinski definition) is 4. The molecule has 0 unspecified atom stereocenters. The number of halogens is 1. The normalized spacial score (nSPS) is 8.80. The van der Waals surface area contributed by atoms with Crippen LogP contribution < -0.4 is 0 Å². The smallest absolute Gasteiger partial charge is 0.338 e. The van der Waals surface area contributed by atoms with Gasteiger partial charge in [0.2, 0.25) is 0 Å². The fourth-order valence-corrected chi connectivity index (χ4v) is 1.71. The highest BCUT2D eigenvalue weighted by molar-refractivity contribution is 14.1. The lowest BCUT2D eigenvalue weighted by atomic mass is 10.1. The molecule has 0 heterocycles. The molecule has 0 N–H and O–H groups in total. The third-order valence-electron chi connectivity index (χ3n) is 1.75. The van der Waals surface area contributed by atoms with Gasteiger partial charge in [0, 0.05) is 3.57 Å². The highest BCUT2D eigenvalue weighted by Crippen LogP contribution is 2.18. The van der Waals surface area contributed by atoms with Crippen molar-refractivity contribution in [3.05, 3.63) is 32.4 Å². The third-order valence-corrected chi connectivity index (χ3v) is 2.65. The molecule has 0 aliphatic heterocycles. The Hall–Kier alpha value is -1.60. The highest BCUT2D eigenvalue weighted by atomic mass is 127. The van der Waals surface area contributed by atoms with E-state index in [1.54, 1.807) is 0 Å². The molecule has 0 bridgehead atoms. The minimum Gasteiger partial charge on any atom is -0.465 e. The molecule has 0 aliphatic rings. The van der Waals surface area contributed by atoms with Crippen molar-refractivity contribution in [3.63, 3.8) is 0 Å². The summed E-state index contributed by atoms with van der Waals surface area (Å²) in [6, 6.07) is 6.61. The van der Waals surface area contributed by atoms with E-state index in [0.29, 0.717) is 9.13 Å². The number of hydrogen-bond donors (Lipinski definition) is 0. The van der Waals surface area contributed by atoms with Gasteiger partial charge in [-0.2, -0.15) is 10.5 Å². The van der Waals surface area contributed by atoms with Crippen molar-refractivity contribution in [2.45, 2.75) is 0 Å². The SMILES string of the molecule is COC(=O)c1cc(C#N)c(C#N)cc1I. The molecule has 0 spiro atoms. The molecule has 1 aromatic carbocycles. The molecule has 15 heavy (non-hydrogen) atoms. The summed E-state index contributed by atoms with van der Waals surface area (Å²) in [7, 11) is 1.27. The van der Waals surface area contributed by atoms with Gasteiger partial charge in [-0.1, -0.05) is 0 Å². The van der Waals surface area contributed by atoms with Crippen LogP contribution in [0.4, 0.5) is 0 Å². The average molecular weight is 312 g/mol. The Morgan fingerprint density at radius 3 is 2.33 bits per heavy atom. The standard InChI is InChI=1S/C10H5IN2O2/c1-15-10(14)8-2-6(4-12)7(5-13)3-9(8)11/h2-3H,1H3. The van der Waals surface area contributed by atoms with Crippen LogP contribution in [0.15, 0.2) is 12.1 Å². The predicted molar refractivity (Wildman–Crippen MR) is 59.9 cm³/mol. The van der Waals surface area contributed by atoms with E-state index >= 15 is 0 Å². The molecule has 1 aromatic rings. The van der Waals surface area contributed by atoms with Crippen molar-refractivity contribution in [1.82, 2.24) is 0 Å². The molecule has 0 amide bonds. The molecule has 0 fully saturated rings. The van der Waals surface area contributed by atoms with Gasteiger partial charge in [-0.3, -0.25) is 0 Å². The quantitative estimate of drug-likeness (QED) is 0.585. The van der Waals surface area contributed by atoms with E-state index in [-0.39, 0.29) is 11.1 Å². The van der Waals surface area contributed by atoms with Crippen LogP contribution in [-0.4, -0.2) is 13.1 Å². The van der Waals surface area contributed by atoms with E-state index in [2.05, 4.69) is 4.74 Å². The molecule has 0 saturated carbocycles. The summed E-state index contributed by atoms with van der Waals surface area (Å²) in [6.45, 7) is 0. The molecular weight excluding hydrogens is 307 g/mol. The predicted octanol–water partition coefficient (Wildman–Crippen LogP) is 1.82. The molecule has 5 heteroatoms. The van der Waals surface area contributed by atoms with Crippen molar-refractivity contribution in [1.29, 1.82) is 10.5 Å². The van der Waals surface area contributed by atoms with E-state index in [0.717, 1.165) is 0 Å². The second kappa shape index (κ2) is 4.76. The van der Waals surface area contributed by atoms with Crippen LogP contribution in [-0.2, 0) is 4.74 Å². The Morgan fingerprint density at radius 1 is 1.33 bits per heavy atom. The fraction of sp³-hybridized carbons (Fsp3) is 0.100. The van der Waals surface area contributed by atoms with Gasteiger partial charge in [-0.25, -0.2) is 4.79 Å². The van der Waals surface area contributed by atoms with Crippen LogP contribution >= 0.6 is 22.6 Å².